The van der Waals surface area contributed by atoms with Gasteiger partial charge in [0.1, 0.15) is 0 Å². The van der Waals surface area contributed by atoms with E-state index in [1.165, 1.54) is 32.1 Å². The van der Waals surface area contributed by atoms with Crippen molar-refractivity contribution in [2.45, 2.75) is 83.3 Å². The molecule has 0 bridgehead atoms. The monoisotopic (exact) mass is 375 g/mol. The largest absolute Gasteiger partial charge is 0.481 e. The molecule has 0 fully saturated rings. The number of rotatable bonds is 14. The van der Waals surface area contributed by atoms with E-state index in [1.54, 1.807) is 17.4 Å². The Labute approximate surface area is 173 Å². The molecule has 0 aliphatic heterocycles. The Bertz CT molecular complexity index is 516. The van der Waals surface area contributed by atoms with Gasteiger partial charge in [0.15, 0.2) is 0 Å². The van der Waals surface area contributed by atoms with Crippen LogP contribution in [0.4, 0.5) is 0 Å². The van der Waals surface area contributed by atoms with Crippen LogP contribution in [0, 0.1) is 0 Å². The molecule has 0 saturated carbocycles. The Morgan fingerprint density at radius 3 is 2.46 bits per heavy atom. The minimum absolute atomic E-state index is 0. The average Bonchev–Trinajstić information content (AvgIpc) is 3.05. The zero-order valence-corrected chi connectivity index (χ0v) is 17.0. The number of carboxylic acid groups (broad SMARTS) is 1. The van der Waals surface area contributed by atoms with Crippen molar-refractivity contribution in [3.63, 3.8) is 0 Å². The van der Waals surface area contributed by atoms with E-state index in [2.05, 4.69) is 6.92 Å². The van der Waals surface area contributed by atoms with Crippen molar-refractivity contribution < 1.29 is 20.1 Å². The van der Waals surface area contributed by atoms with Gasteiger partial charge in [-0.25, -0.2) is 0 Å². The van der Waals surface area contributed by atoms with Crippen molar-refractivity contribution in [1.29, 1.82) is 0 Å². The fraction of sp³-hybridized carbons (Fsp3) is 0.650. The van der Waals surface area contributed by atoms with Gasteiger partial charge in [0.2, 0.25) is 0 Å². The first kappa shape index (κ1) is 25.4. The molecule has 3 N–H and O–H groups in total. The minimum atomic E-state index is -0.835. The zero-order valence-electron chi connectivity index (χ0n) is 16.2. The fourth-order valence-corrected chi connectivity index (χ4v) is 3.61. The van der Waals surface area contributed by atoms with Crippen molar-refractivity contribution in [3.05, 3.63) is 28.0 Å². The molecule has 0 saturated heterocycles. The average molecular weight is 375 g/mol. The summed E-state index contributed by atoms with van der Waals surface area (Å²) in [5.41, 5.74) is 0. The van der Waals surface area contributed by atoms with Crippen molar-refractivity contribution >= 4 is 42.2 Å². The van der Waals surface area contributed by atoms with Gasteiger partial charge < -0.3 is 15.3 Å². The molecule has 143 valence electrons. The van der Waals surface area contributed by atoms with Crippen LogP contribution in [-0.4, -0.2) is 46.3 Å². The molecule has 1 radical (unpaired) electrons. The van der Waals surface area contributed by atoms with Gasteiger partial charge in [-0.1, -0.05) is 51.5 Å². The Morgan fingerprint density at radius 1 is 1.08 bits per heavy atom. The van der Waals surface area contributed by atoms with Gasteiger partial charge >= 0.3 is 5.97 Å². The summed E-state index contributed by atoms with van der Waals surface area (Å²) in [6.45, 7) is 2.21. The van der Waals surface area contributed by atoms with E-state index in [9.17, 15) is 15.0 Å². The summed E-state index contributed by atoms with van der Waals surface area (Å²) in [5, 5.41) is 28.7. The van der Waals surface area contributed by atoms with Gasteiger partial charge in [-0.05, 0) is 37.5 Å². The summed E-state index contributed by atoms with van der Waals surface area (Å²) in [6.07, 6.45) is 11.6. The van der Waals surface area contributed by atoms with E-state index in [0.29, 0.717) is 12.8 Å². The number of carbonyl (C=O) groups is 1. The number of aliphatic hydroxyl groups is 2. The second-order valence-corrected chi connectivity index (χ2v) is 7.67. The number of aliphatic carboxylic acids is 1. The van der Waals surface area contributed by atoms with Crippen LogP contribution in [0.3, 0.4) is 0 Å². The molecule has 0 aromatic carbocycles. The normalized spacial score (nSPS) is 13.5. The molecule has 2 unspecified atom stereocenters. The quantitative estimate of drug-likeness (QED) is 0.323. The first-order chi connectivity index (χ1) is 12.0. The van der Waals surface area contributed by atoms with E-state index in [4.69, 9.17) is 5.11 Å². The van der Waals surface area contributed by atoms with Gasteiger partial charge in [-0.3, -0.25) is 4.79 Å². The summed E-state index contributed by atoms with van der Waals surface area (Å²) >= 11 is 1.54. The Balaban J connectivity index is 0.00000625. The molecular weight excluding hydrogens is 343 g/mol. The van der Waals surface area contributed by atoms with Crippen LogP contribution in [0.5, 0.6) is 0 Å². The van der Waals surface area contributed by atoms with Crippen LogP contribution >= 0.6 is 11.3 Å². The standard InChI is InChI=1S/C20H32O4S.Li/c1-2-3-4-5-6-7-10-18(22)19-15-14-17(25-19)13-12-16(21)9-8-11-20(23)24;/h12-16,18,21-22H,2-11H2,1H3,(H,23,24);/b13-12-;. The van der Waals surface area contributed by atoms with Crippen LogP contribution in [0.15, 0.2) is 18.2 Å². The zero-order chi connectivity index (χ0) is 18.5. The second-order valence-electron chi connectivity index (χ2n) is 6.52. The fourth-order valence-electron chi connectivity index (χ4n) is 2.66. The summed E-state index contributed by atoms with van der Waals surface area (Å²) in [7, 11) is 0. The van der Waals surface area contributed by atoms with Gasteiger partial charge in [-0.2, -0.15) is 0 Å². The summed E-state index contributed by atoms with van der Waals surface area (Å²) in [5.74, 6) is -0.835. The smallest absolute Gasteiger partial charge is 0.303 e. The number of unbranched alkanes of at least 4 members (excludes halogenated alkanes) is 5. The number of carboxylic acids is 1. The first-order valence-corrected chi connectivity index (χ1v) is 10.2. The van der Waals surface area contributed by atoms with Crippen LogP contribution in [0.25, 0.3) is 6.08 Å². The van der Waals surface area contributed by atoms with Gasteiger partial charge in [0.05, 0.1) is 12.2 Å². The Hall–Kier alpha value is -0.573. The Morgan fingerprint density at radius 2 is 1.77 bits per heavy atom. The molecule has 4 nitrogen and oxygen atoms in total. The third-order valence-corrected chi connectivity index (χ3v) is 5.33. The molecule has 0 aliphatic rings. The van der Waals surface area contributed by atoms with E-state index in [-0.39, 0.29) is 25.3 Å². The molecule has 1 rings (SSSR count). The summed E-state index contributed by atoms with van der Waals surface area (Å²) in [4.78, 5) is 12.4. The number of hydrogen-bond donors (Lipinski definition) is 3. The molecule has 1 aromatic heterocycles. The Kier molecular flexibility index (Phi) is 15.1. The van der Waals surface area contributed by atoms with Gasteiger partial charge in [0.25, 0.3) is 0 Å². The van der Waals surface area contributed by atoms with Crippen LogP contribution in [0.1, 0.15) is 87.0 Å². The van der Waals surface area contributed by atoms with E-state index in [1.807, 2.05) is 18.2 Å². The van der Waals surface area contributed by atoms with E-state index in [0.717, 1.165) is 22.6 Å². The van der Waals surface area contributed by atoms with E-state index >= 15 is 0 Å². The van der Waals surface area contributed by atoms with Crippen molar-refractivity contribution in [1.82, 2.24) is 0 Å². The van der Waals surface area contributed by atoms with Crippen molar-refractivity contribution in [3.8, 4) is 0 Å². The minimum Gasteiger partial charge on any atom is -0.481 e. The molecule has 0 spiro atoms. The SMILES string of the molecule is CCCCCCCCC(O)c1ccc(/C=C\C(O)CCCC(=O)O)s1.[Li]. The topological polar surface area (TPSA) is 77.8 Å². The molecule has 2 atom stereocenters. The second kappa shape index (κ2) is 15.5. The maximum Gasteiger partial charge on any atom is 0.303 e. The predicted octanol–water partition coefficient (Wildman–Crippen LogP) is 4.78. The molecule has 0 aliphatic carbocycles. The maximum atomic E-state index is 10.4. The molecule has 6 heteroatoms. The molecular formula is C20H32LiO4S. The third kappa shape index (κ3) is 11.9. The number of aliphatic hydroxyl groups excluding tert-OH is 2. The molecule has 1 aromatic rings. The number of thiophene rings is 1. The molecule has 26 heavy (non-hydrogen) atoms. The maximum absolute atomic E-state index is 10.4. The number of hydrogen-bond acceptors (Lipinski definition) is 4. The predicted molar refractivity (Wildman–Crippen MR) is 110 cm³/mol. The van der Waals surface area contributed by atoms with E-state index < -0.39 is 18.2 Å². The van der Waals surface area contributed by atoms with Crippen molar-refractivity contribution in [2.24, 2.45) is 0 Å². The summed E-state index contributed by atoms with van der Waals surface area (Å²) < 4.78 is 0. The molecule has 1 heterocycles. The van der Waals surface area contributed by atoms with Crippen molar-refractivity contribution in [2.75, 3.05) is 0 Å². The molecule has 0 amide bonds. The summed E-state index contributed by atoms with van der Waals surface area (Å²) in [6, 6.07) is 3.90. The third-order valence-electron chi connectivity index (χ3n) is 4.18. The van der Waals surface area contributed by atoms with Gasteiger partial charge in [0, 0.05) is 35.0 Å². The van der Waals surface area contributed by atoms with Crippen LogP contribution in [-0.2, 0) is 4.79 Å². The van der Waals surface area contributed by atoms with Gasteiger partial charge in [-0.15, -0.1) is 11.3 Å². The first-order valence-electron chi connectivity index (χ1n) is 9.38. The van der Waals surface area contributed by atoms with Crippen LogP contribution in [0.2, 0.25) is 0 Å². The van der Waals surface area contributed by atoms with Crippen LogP contribution < -0.4 is 0 Å².